The van der Waals surface area contributed by atoms with Crippen molar-refractivity contribution in [3.8, 4) is 5.75 Å². The Morgan fingerprint density at radius 1 is 1.00 bits per heavy atom. The van der Waals surface area contributed by atoms with Crippen molar-refractivity contribution in [3.63, 3.8) is 0 Å². The van der Waals surface area contributed by atoms with Crippen LogP contribution < -0.4 is 20.7 Å². The predicted octanol–water partition coefficient (Wildman–Crippen LogP) is 4.12. The number of carbonyl (C=O) groups excluding carboxylic acids is 2. The fourth-order valence-corrected chi connectivity index (χ4v) is 3.60. The second kappa shape index (κ2) is 7.67. The summed E-state index contributed by atoms with van der Waals surface area (Å²) in [5.74, 6) is 0.428. The van der Waals surface area contributed by atoms with Gasteiger partial charge in [-0.05, 0) is 47.5 Å². The number of nitrogens with one attached hydrogen (secondary N) is 3. The van der Waals surface area contributed by atoms with Crippen LogP contribution >= 0.6 is 0 Å². The molecule has 0 radical (unpaired) electrons. The molecule has 146 valence electrons. The van der Waals surface area contributed by atoms with E-state index in [1.165, 1.54) is 0 Å². The van der Waals surface area contributed by atoms with Crippen LogP contribution in [0.2, 0.25) is 0 Å². The Morgan fingerprint density at radius 3 is 2.48 bits per heavy atom. The summed E-state index contributed by atoms with van der Waals surface area (Å²) >= 11 is 0. The van der Waals surface area contributed by atoms with E-state index in [1.54, 1.807) is 38.3 Å². The van der Waals surface area contributed by atoms with Crippen LogP contribution in [0, 0.1) is 0 Å². The maximum atomic E-state index is 13.2. The van der Waals surface area contributed by atoms with E-state index in [-0.39, 0.29) is 11.9 Å². The van der Waals surface area contributed by atoms with Crippen LogP contribution in [-0.2, 0) is 4.79 Å². The van der Waals surface area contributed by atoms with Gasteiger partial charge in [-0.2, -0.15) is 0 Å². The van der Waals surface area contributed by atoms with Crippen LogP contribution in [0.1, 0.15) is 18.5 Å². The Labute approximate surface area is 168 Å². The molecule has 0 bridgehead atoms. The topological polar surface area (TPSA) is 79.5 Å². The van der Waals surface area contributed by atoms with Crippen LogP contribution in [-0.4, -0.2) is 19.0 Å². The summed E-state index contributed by atoms with van der Waals surface area (Å²) in [6.07, 6.45) is 0. The number of ether oxygens (including phenoxy) is 1. The number of hydrogen-bond acceptors (Lipinski definition) is 3. The third-order valence-corrected chi connectivity index (χ3v) is 5.00. The predicted molar refractivity (Wildman–Crippen MR) is 113 cm³/mol. The van der Waals surface area contributed by atoms with Gasteiger partial charge in [0.2, 0.25) is 0 Å². The first-order valence-electron chi connectivity index (χ1n) is 9.28. The summed E-state index contributed by atoms with van der Waals surface area (Å²) in [6.45, 7) is 1.74. The lowest BCUT2D eigenvalue weighted by Crippen LogP contribution is -2.46. The molecule has 0 spiro atoms. The van der Waals surface area contributed by atoms with Gasteiger partial charge in [-0.15, -0.1) is 0 Å². The highest BCUT2D eigenvalue weighted by molar-refractivity contribution is 6.07. The lowest BCUT2D eigenvalue weighted by Gasteiger charge is -2.29. The molecule has 29 heavy (non-hydrogen) atoms. The average Bonchev–Trinajstić information content (AvgIpc) is 2.73. The molecule has 0 fully saturated rings. The zero-order chi connectivity index (χ0) is 20.4. The number of hydrogen-bond donors (Lipinski definition) is 3. The van der Waals surface area contributed by atoms with E-state index in [0.717, 1.165) is 16.3 Å². The Bertz CT molecular complexity index is 1110. The van der Waals surface area contributed by atoms with Crippen molar-refractivity contribution < 1.29 is 14.3 Å². The van der Waals surface area contributed by atoms with E-state index in [9.17, 15) is 9.59 Å². The van der Waals surface area contributed by atoms with Crippen molar-refractivity contribution in [2.45, 2.75) is 13.0 Å². The van der Waals surface area contributed by atoms with E-state index >= 15 is 0 Å². The average molecular weight is 387 g/mol. The molecule has 6 nitrogen and oxygen atoms in total. The minimum absolute atomic E-state index is 0.280. The van der Waals surface area contributed by atoms with E-state index in [1.807, 2.05) is 42.5 Å². The number of allylic oxidation sites excluding steroid dienone is 1. The standard InChI is InChI=1S/C23H21N3O3/c1-14-20(22(27)25-16-10-12-17(29-2)13-11-16)21(26-23(28)24-14)19-9-5-7-15-6-3-4-8-18(15)19/h3-13,21H,1-2H3,(H,25,27)(H2,24,26,28)/t21-/m1/s1. The summed E-state index contributed by atoms with van der Waals surface area (Å²) in [7, 11) is 1.59. The molecule has 0 saturated carbocycles. The van der Waals surface area contributed by atoms with Gasteiger partial charge >= 0.3 is 6.03 Å². The molecule has 3 aromatic carbocycles. The van der Waals surface area contributed by atoms with Crippen LogP contribution in [0.4, 0.5) is 10.5 Å². The Balaban J connectivity index is 1.73. The Kier molecular flexibility index (Phi) is 4.91. The number of rotatable bonds is 4. The van der Waals surface area contributed by atoms with Gasteiger partial charge in [-0.3, -0.25) is 4.79 Å². The third-order valence-electron chi connectivity index (χ3n) is 5.00. The van der Waals surface area contributed by atoms with Gasteiger partial charge in [0.25, 0.3) is 5.91 Å². The molecule has 0 aliphatic carbocycles. The fourth-order valence-electron chi connectivity index (χ4n) is 3.60. The maximum absolute atomic E-state index is 13.2. The van der Waals surface area contributed by atoms with E-state index < -0.39 is 6.04 Å². The monoisotopic (exact) mass is 387 g/mol. The van der Waals surface area contributed by atoms with Gasteiger partial charge in [-0.1, -0.05) is 42.5 Å². The van der Waals surface area contributed by atoms with Crippen molar-refractivity contribution >= 4 is 28.4 Å². The van der Waals surface area contributed by atoms with Gasteiger partial charge in [0, 0.05) is 11.4 Å². The van der Waals surface area contributed by atoms with Crippen molar-refractivity contribution in [3.05, 3.63) is 83.6 Å². The SMILES string of the molecule is COc1ccc(NC(=O)C2=C(C)NC(=O)N[C@@H]2c2cccc3ccccc23)cc1. The van der Waals surface area contributed by atoms with E-state index in [0.29, 0.717) is 22.7 Å². The first-order chi connectivity index (χ1) is 14.1. The van der Waals surface area contributed by atoms with Crippen molar-refractivity contribution in [2.75, 3.05) is 12.4 Å². The zero-order valence-corrected chi connectivity index (χ0v) is 16.2. The van der Waals surface area contributed by atoms with Gasteiger partial charge in [0.05, 0.1) is 18.7 Å². The first kappa shape index (κ1) is 18.6. The normalized spacial score (nSPS) is 16.2. The second-order valence-corrected chi connectivity index (χ2v) is 6.82. The van der Waals surface area contributed by atoms with E-state index in [4.69, 9.17) is 4.74 Å². The lowest BCUT2D eigenvalue weighted by molar-refractivity contribution is -0.113. The summed E-state index contributed by atoms with van der Waals surface area (Å²) in [6, 6.07) is 20.0. The molecule has 0 unspecified atom stereocenters. The molecule has 1 heterocycles. The molecule has 0 saturated heterocycles. The molecule has 0 aromatic heterocycles. The molecule has 4 rings (SSSR count). The number of methoxy groups -OCH3 is 1. The molecule has 6 heteroatoms. The molecule has 1 aliphatic heterocycles. The Hall–Kier alpha value is -3.80. The molecular weight excluding hydrogens is 366 g/mol. The van der Waals surface area contributed by atoms with E-state index in [2.05, 4.69) is 16.0 Å². The second-order valence-electron chi connectivity index (χ2n) is 6.82. The van der Waals surface area contributed by atoms with Gasteiger partial charge in [-0.25, -0.2) is 4.79 Å². The highest BCUT2D eigenvalue weighted by Gasteiger charge is 2.32. The number of amides is 3. The quantitative estimate of drug-likeness (QED) is 0.630. The summed E-state index contributed by atoms with van der Waals surface area (Å²) in [4.78, 5) is 25.4. The molecule has 3 N–H and O–H groups in total. The number of urea groups is 1. The van der Waals surface area contributed by atoms with Crippen molar-refractivity contribution in [2.24, 2.45) is 0 Å². The van der Waals surface area contributed by atoms with Crippen molar-refractivity contribution in [1.29, 1.82) is 0 Å². The van der Waals surface area contributed by atoms with Gasteiger partial charge in [0.15, 0.2) is 0 Å². The van der Waals surface area contributed by atoms with Crippen LogP contribution in [0.15, 0.2) is 78.0 Å². The molecular formula is C23H21N3O3. The summed E-state index contributed by atoms with van der Waals surface area (Å²) in [5, 5.41) is 10.6. The first-order valence-corrected chi connectivity index (χ1v) is 9.28. The number of carbonyl (C=O) groups is 2. The number of anilines is 1. The molecule has 1 atom stereocenters. The smallest absolute Gasteiger partial charge is 0.319 e. The highest BCUT2D eigenvalue weighted by atomic mass is 16.5. The van der Waals surface area contributed by atoms with Crippen LogP contribution in [0.3, 0.4) is 0 Å². The molecule has 1 aliphatic rings. The zero-order valence-electron chi connectivity index (χ0n) is 16.2. The minimum atomic E-state index is -0.562. The Morgan fingerprint density at radius 2 is 1.72 bits per heavy atom. The van der Waals surface area contributed by atoms with Gasteiger partial charge < -0.3 is 20.7 Å². The third kappa shape index (κ3) is 3.65. The fraction of sp³-hybridized carbons (Fsp3) is 0.130. The lowest BCUT2D eigenvalue weighted by atomic mass is 9.91. The molecule has 3 aromatic rings. The number of benzene rings is 3. The van der Waals surface area contributed by atoms with Crippen molar-refractivity contribution in [1.82, 2.24) is 10.6 Å². The highest BCUT2D eigenvalue weighted by Crippen LogP contribution is 2.32. The van der Waals surface area contributed by atoms with Gasteiger partial charge in [0.1, 0.15) is 5.75 Å². The minimum Gasteiger partial charge on any atom is -0.497 e. The van der Waals surface area contributed by atoms with Crippen LogP contribution in [0.5, 0.6) is 5.75 Å². The summed E-state index contributed by atoms with van der Waals surface area (Å²) < 4.78 is 5.16. The van der Waals surface area contributed by atoms with Crippen LogP contribution in [0.25, 0.3) is 10.8 Å². The summed E-state index contributed by atoms with van der Waals surface area (Å²) in [5.41, 5.74) is 2.51. The largest absolute Gasteiger partial charge is 0.497 e. The maximum Gasteiger partial charge on any atom is 0.319 e. The number of fused-ring (bicyclic) bond motifs is 1. The molecule has 3 amide bonds.